The molecule has 1 aliphatic rings. The molecular weight excluding hydrogens is 398 g/mol. The standard InChI is InChI=1S/C19H22BrN3O3/c1-19(2,3)26-18(25)23-10-4-5-15(23)17(24)22-16-14-7-6-13(20)11-12(14)8-9-21-16/h6-9,11,15H,4-5,10H2,1-3H3,(H,21,22,24)/t15-/m0/s1. The van der Waals surface area contributed by atoms with Gasteiger partial charge >= 0.3 is 6.09 Å². The molecule has 0 radical (unpaired) electrons. The molecule has 0 unspecified atom stereocenters. The van der Waals surface area contributed by atoms with E-state index in [9.17, 15) is 9.59 Å². The van der Waals surface area contributed by atoms with Crippen molar-refractivity contribution in [2.24, 2.45) is 0 Å². The Morgan fingerprint density at radius 2 is 2.08 bits per heavy atom. The van der Waals surface area contributed by atoms with Crippen LogP contribution in [0.2, 0.25) is 0 Å². The first-order chi connectivity index (χ1) is 12.2. The zero-order chi connectivity index (χ0) is 18.9. The maximum atomic E-state index is 12.8. The predicted molar refractivity (Wildman–Crippen MR) is 104 cm³/mol. The normalized spacial score (nSPS) is 17.4. The molecule has 0 bridgehead atoms. The van der Waals surface area contributed by atoms with E-state index in [1.54, 1.807) is 6.20 Å². The van der Waals surface area contributed by atoms with Crippen molar-refractivity contribution >= 4 is 44.5 Å². The lowest BCUT2D eigenvalue weighted by atomic mass is 10.1. The molecule has 1 aromatic heterocycles. The number of likely N-dealkylation sites (tertiary alicyclic amines) is 1. The van der Waals surface area contributed by atoms with Crippen LogP contribution in [0.4, 0.5) is 10.6 Å². The number of nitrogens with one attached hydrogen (secondary N) is 1. The highest BCUT2D eigenvalue weighted by molar-refractivity contribution is 9.10. The average molecular weight is 420 g/mol. The van der Waals surface area contributed by atoms with E-state index in [1.165, 1.54) is 4.90 Å². The Morgan fingerprint density at radius 3 is 2.81 bits per heavy atom. The molecule has 6 nitrogen and oxygen atoms in total. The van der Waals surface area contributed by atoms with Crippen LogP contribution in [-0.4, -0.2) is 40.1 Å². The topological polar surface area (TPSA) is 71.5 Å². The summed E-state index contributed by atoms with van der Waals surface area (Å²) in [5, 5.41) is 4.70. The maximum Gasteiger partial charge on any atom is 0.410 e. The molecule has 1 aromatic carbocycles. The Hall–Kier alpha value is -2.15. The summed E-state index contributed by atoms with van der Waals surface area (Å²) in [7, 11) is 0. The number of anilines is 1. The van der Waals surface area contributed by atoms with Gasteiger partial charge in [0.05, 0.1) is 0 Å². The smallest absolute Gasteiger partial charge is 0.410 e. The summed E-state index contributed by atoms with van der Waals surface area (Å²) in [6.45, 7) is 5.96. The second-order valence-corrected chi connectivity index (χ2v) is 8.26. The fourth-order valence-corrected chi connectivity index (χ4v) is 3.41. The van der Waals surface area contributed by atoms with Gasteiger partial charge in [0.25, 0.3) is 0 Å². The molecule has 7 heteroatoms. The quantitative estimate of drug-likeness (QED) is 0.785. The number of pyridine rings is 1. The van der Waals surface area contributed by atoms with Crippen LogP contribution in [0.25, 0.3) is 10.8 Å². The van der Waals surface area contributed by atoms with Crippen molar-refractivity contribution in [2.45, 2.75) is 45.3 Å². The molecule has 0 spiro atoms. The van der Waals surface area contributed by atoms with Gasteiger partial charge in [-0.05, 0) is 63.3 Å². The molecule has 1 atom stereocenters. The lowest BCUT2D eigenvalue weighted by Gasteiger charge is -2.28. The highest BCUT2D eigenvalue weighted by Gasteiger charge is 2.36. The summed E-state index contributed by atoms with van der Waals surface area (Å²) in [5.41, 5.74) is -0.592. The van der Waals surface area contributed by atoms with Crippen molar-refractivity contribution < 1.29 is 14.3 Å². The zero-order valence-corrected chi connectivity index (χ0v) is 16.7. The summed E-state index contributed by atoms with van der Waals surface area (Å²) in [6, 6.07) is 7.12. The highest BCUT2D eigenvalue weighted by Crippen LogP contribution is 2.26. The molecule has 1 N–H and O–H groups in total. The Balaban J connectivity index is 1.78. The van der Waals surface area contributed by atoms with Crippen LogP contribution in [0, 0.1) is 0 Å². The van der Waals surface area contributed by atoms with Crippen molar-refractivity contribution in [2.75, 3.05) is 11.9 Å². The number of carbonyl (C=O) groups excluding carboxylic acids is 2. The van der Waals surface area contributed by atoms with E-state index >= 15 is 0 Å². The Labute approximate surface area is 161 Å². The number of hydrogen-bond acceptors (Lipinski definition) is 4. The van der Waals surface area contributed by atoms with E-state index in [0.29, 0.717) is 18.8 Å². The number of carbonyl (C=O) groups is 2. The van der Waals surface area contributed by atoms with Gasteiger partial charge in [0, 0.05) is 22.6 Å². The molecule has 2 amide bonds. The van der Waals surface area contributed by atoms with Gasteiger partial charge in [-0.15, -0.1) is 0 Å². The minimum Gasteiger partial charge on any atom is -0.444 e. The number of ether oxygens (including phenoxy) is 1. The molecule has 2 heterocycles. The van der Waals surface area contributed by atoms with Crippen LogP contribution in [0.15, 0.2) is 34.9 Å². The van der Waals surface area contributed by atoms with E-state index in [1.807, 2.05) is 45.0 Å². The number of fused-ring (bicyclic) bond motifs is 1. The minimum absolute atomic E-state index is 0.240. The molecule has 0 aliphatic carbocycles. The molecular formula is C19H22BrN3O3. The van der Waals surface area contributed by atoms with E-state index in [-0.39, 0.29) is 5.91 Å². The monoisotopic (exact) mass is 419 g/mol. The average Bonchev–Trinajstić information content (AvgIpc) is 3.03. The van der Waals surface area contributed by atoms with Gasteiger partial charge in [-0.25, -0.2) is 9.78 Å². The lowest BCUT2D eigenvalue weighted by molar-refractivity contribution is -0.120. The second kappa shape index (κ2) is 7.23. The lowest BCUT2D eigenvalue weighted by Crippen LogP contribution is -2.45. The first-order valence-corrected chi connectivity index (χ1v) is 9.39. The van der Waals surface area contributed by atoms with Crippen molar-refractivity contribution in [1.82, 2.24) is 9.88 Å². The fraction of sp³-hybridized carbons (Fsp3) is 0.421. The van der Waals surface area contributed by atoms with E-state index in [2.05, 4.69) is 26.2 Å². The summed E-state index contributed by atoms with van der Waals surface area (Å²) in [6.07, 6.45) is 2.59. The second-order valence-electron chi connectivity index (χ2n) is 7.35. The van der Waals surface area contributed by atoms with Crippen molar-refractivity contribution in [3.8, 4) is 0 Å². The third kappa shape index (κ3) is 4.15. The van der Waals surface area contributed by atoms with E-state index < -0.39 is 17.7 Å². The summed E-state index contributed by atoms with van der Waals surface area (Å²) >= 11 is 3.44. The largest absolute Gasteiger partial charge is 0.444 e. The molecule has 1 saturated heterocycles. The predicted octanol–water partition coefficient (Wildman–Crippen LogP) is 4.34. The van der Waals surface area contributed by atoms with Gasteiger partial charge in [-0.3, -0.25) is 9.69 Å². The summed E-state index contributed by atoms with van der Waals surface area (Å²) < 4.78 is 6.38. The number of halogens is 1. The van der Waals surface area contributed by atoms with Crippen LogP contribution >= 0.6 is 15.9 Å². The highest BCUT2D eigenvalue weighted by atomic mass is 79.9. The number of hydrogen-bond donors (Lipinski definition) is 1. The Bertz CT molecular complexity index is 848. The van der Waals surface area contributed by atoms with Crippen molar-refractivity contribution in [3.63, 3.8) is 0 Å². The Morgan fingerprint density at radius 1 is 1.31 bits per heavy atom. The molecule has 1 fully saturated rings. The van der Waals surface area contributed by atoms with Gasteiger partial charge in [-0.2, -0.15) is 0 Å². The third-order valence-corrected chi connectivity index (χ3v) is 4.64. The van der Waals surface area contributed by atoms with Crippen molar-refractivity contribution in [1.29, 1.82) is 0 Å². The molecule has 26 heavy (non-hydrogen) atoms. The number of benzene rings is 1. The maximum absolute atomic E-state index is 12.8. The first kappa shape index (κ1) is 18.6. The third-order valence-electron chi connectivity index (χ3n) is 4.15. The van der Waals surface area contributed by atoms with Gasteiger partial charge < -0.3 is 10.1 Å². The van der Waals surface area contributed by atoms with Gasteiger partial charge in [0.1, 0.15) is 17.5 Å². The van der Waals surface area contributed by atoms with E-state index in [0.717, 1.165) is 21.7 Å². The fourth-order valence-electron chi connectivity index (χ4n) is 3.03. The van der Waals surface area contributed by atoms with Gasteiger partial charge in [-0.1, -0.05) is 15.9 Å². The van der Waals surface area contributed by atoms with E-state index in [4.69, 9.17) is 4.74 Å². The molecule has 138 valence electrons. The minimum atomic E-state index is -0.592. The molecule has 3 rings (SSSR count). The summed E-state index contributed by atoms with van der Waals surface area (Å²) in [4.78, 5) is 31.0. The van der Waals surface area contributed by atoms with Gasteiger partial charge in [0.2, 0.25) is 5.91 Å². The molecule has 0 saturated carbocycles. The zero-order valence-electron chi connectivity index (χ0n) is 15.1. The van der Waals surface area contributed by atoms with Crippen LogP contribution in [0.5, 0.6) is 0 Å². The summed E-state index contributed by atoms with van der Waals surface area (Å²) in [5.74, 6) is 0.257. The van der Waals surface area contributed by atoms with Crippen molar-refractivity contribution in [3.05, 3.63) is 34.9 Å². The van der Waals surface area contributed by atoms with Crippen LogP contribution in [0.3, 0.4) is 0 Å². The molecule has 1 aliphatic heterocycles. The van der Waals surface area contributed by atoms with Gasteiger partial charge in [0.15, 0.2) is 0 Å². The SMILES string of the molecule is CC(C)(C)OC(=O)N1CCC[C@H]1C(=O)Nc1nccc2cc(Br)ccc12. The Kier molecular flexibility index (Phi) is 5.18. The number of nitrogens with zero attached hydrogens (tertiary/aromatic N) is 2. The van der Waals surface area contributed by atoms with Crippen LogP contribution in [0.1, 0.15) is 33.6 Å². The van der Waals surface area contributed by atoms with Crippen LogP contribution < -0.4 is 5.32 Å². The van der Waals surface area contributed by atoms with Crippen LogP contribution in [-0.2, 0) is 9.53 Å². The number of rotatable bonds is 2. The number of aromatic nitrogens is 1. The molecule has 2 aromatic rings. The number of amides is 2. The first-order valence-electron chi connectivity index (χ1n) is 8.59.